The van der Waals surface area contributed by atoms with Crippen molar-refractivity contribution in [2.75, 3.05) is 52.9 Å². The number of benzene rings is 4. The fourth-order valence-electron chi connectivity index (χ4n) is 6.63. The Balaban J connectivity index is 0.000000310. The molecule has 4 aromatic carbocycles. The van der Waals surface area contributed by atoms with Gasteiger partial charge in [-0.2, -0.15) is 0 Å². The number of hydrogen-bond donors (Lipinski definition) is 0. The Morgan fingerprint density at radius 1 is 0.333 bits per heavy atom. The lowest BCUT2D eigenvalue weighted by molar-refractivity contribution is 0.287. The van der Waals surface area contributed by atoms with Crippen molar-refractivity contribution in [3.8, 4) is 46.0 Å². The Bertz CT molecular complexity index is 2080. The molecule has 0 radical (unpaired) electrons. The van der Waals surface area contributed by atoms with E-state index in [4.69, 9.17) is 37.9 Å². The number of aromatic nitrogens is 2. The molecule has 6 aromatic rings. The van der Waals surface area contributed by atoms with Crippen LogP contribution in [0.2, 0.25) is 0 Å². The lowest BCUT2D eigenvalue weighted by Crippen LogP contribution is -2.01. The van der Waals surface area contributed by atoms with E-state index in [2.05, 4.69) is 22.1 Å². The van der Waals surface area contributed by atoms with Crippen molar-refractivity contribution in [1.82, 2.24) is 9.97 Å². The highest BCUT2D eigenvalue weighted by Gasteiger charge is 2.15. The predicted molar refractivity (Wildman–Crippen MR) is 246 cm³/mol. The van der Waals surface area contributed by atoms with E-state index in [-0.39, 0.29) is 24.8 Å². The van der Waals surface area contributed by atoms with Crippen molar-refractivity contribution in [2.45, 2.75) is 68.2 Å². The minimum absolute atomic E-state index is 0. The maximum absolute atomic E-state index is 5.81. The van der Waals surface area contributed by atoms with Gasteiger partial charge in [-0.05, 0) is 138 Å². The van der Waals surface area contributed by atoms with Crippen LogP contribution >= 0.6 is 24.8 Å². The van der Waals surface area contributed by atoms with Crippen LogP contribution in [0, 0.1) is 0 Å². The average Bonchev–Trinajstić information content (AvgIpc) is 3.22. The molecule has 0 bridgehead atoms. The third-order valence-corrected chi connectivity index (χ3v) is 8.98. The number of pyridine rings is 2. The highest BCUT2D eigenvalue weighted by Crippen LogP contribution is 2.37. The van der Waals surface area contributed by atoms with Gasteiger partial charge < -0.3 is 37.9 Å². The number of nitrogens with zero attached hydrogens (tertiary/aromatic N) is 2. The monoisotopic (exact) mass is 862 g/mol. The summed E-state index contributed by atoms with van der Waals surface area (Å²) in [7, 11) is 0. The van der Waals surface area contributed by atoms with E-state index >= 15 is 0 Å². The van der Waals surface area contributed by atoms with E-state index in [0.717, 1.165) is 90.1 Å². The first-order valence-corrected chi connectivity index (χ1v) is 20.5. The van der Waals surface area contributed by atoms with Gasteiger partial charge >= 0.3 is 0 Å². The van der Waals surface area contributed by atoms with Crippen LogP contribution in [0.4, 0.5) is 0 Å². The van der Waals surface area contributed by atoms with Crippen molar-refractivity contribution in [3.05, 3.63) is 108 Å². The van der Waals surface area contributed by atoms with Gasteiger partial charge in [0, 0.05) is 36.0 Å². The van der Waals surface area contributed by atoms with Crippen LogP contribution in [0.5, 0.6) is 46.0 Å². The molecule has 0 aliphatic rings. The minimum Gasteiger partial charge on any atom is -0.490 e. The van der Waals surface area contributed by atoms with Gasteiger partial charge in [0.2, 0.25) is 0 Å². The summed E-state index contributed by atoms with van der Waals surface area (Å²) in [5, 5.41) is 4.29. The standard InChI is InChI=1S/2C24H29NO4.2ClH/c2*1-5-26-21-10-9-17(14-22(21)27-6-2)13-20-19-16-24(29-8-4)23(28-7-3)15-18(19)11-12-25-20;;/h2*9-12,14-16H,5-8,13H2,1-4H3;2*1H. The molecule has 0 aliphatic heterocycles. The van der Waals surface area contributed by atoms with Gasteiger partial charge in [-0.1, -0.05) is 12.1 Å². The number of rotatable bonds is 20. The maximum atomic E-state index is 5.81. The smallest absolute Gasteiger partial charge is 0.161 e. The molecule has 6 rings (SSSR count). The van der Waals surface area contributed by atoms with Crippen LogP contribution < -0.4 is 37.9 Å². The molecule has 12 heteroatoms. The Labute approximate surface area is 367 Å². The van der Waals surface area contributed by atoms with Crippen LogP contribution in [0.15, 0.2) is 85.2 Å². The largest absolute Gasteiger partial charge is 0.490 e. The van der Waals surface area contributed by atoms with Gasteiger partial charge in [0.1, 0.15) is 0 Å². The van der Waals surface area contributed by atoms with Crippen molar-refractivity contribution in [1.29, 1.82) is 0 Å². The molecule has 324 valence electrons. The second kappa shape index (κ2) is 25.3. The molecule has 0 fully saturated rings. The van der Waals surface area contributed by atoms with Gasteiger partial charge in [0.05, 0.1) is 64.2 Å². The first-order valence-electron chi connectivity index (χ1n) is 20.5. The Morgan fingerprint density at radius 2 is 0.617 bits per heavy atom. The number of hydrogen-bond acceptors (Lipinski definition) is 10. The zero-order valence-electron chi connectivity index (χ0n) is 36.1. The van der Waals surface area contributed by atoms with Crippen LogP contribution in [0.3, 0.4) is 0 Å². The van der Waals surface area contributed by atoms with Crippen LogP contribution in [-0.4, -0.2) is 62.8 Å². The molecule has 60 heavy (non-hydrogen) atoms. The van der Waals surface area contributed by atoms with Crippen molar-refractivity contribution >= 4 is 46.4 Å². The summed E-state index contributed by atoms with van der Waals surface area (Å²) in [5.41, 5.74) is 4.20. The zero-order valence-corrected chi connectivity index (χ0v) is 37.8. The Kier molecular flexibility index (Phi) is 20.7. The third-order valence-electron chi connectivity index (χ3n) is 8.98. The number of fused-ring (bicyclic) bond motifs is 2. The van der Waals surface area contributed by atoms with Gasteiger partial charge in [0.15, 0.2) is 46.0 Å². The van der Waals surface area contributed by atoms with Crippen LogP contribution in [-0.2, 0) is 12.8 Å². The van der Waals surface area contributed by atoms with E-state index in [1.807, 2.05) is 128 Å². The molecule has 2 heterocycles. The Morgan fingerprint density at radius 3 is 0.933 bits per heavy atom. The van der Waals surface area contributed by atoms with Crippen LogP contribution in [0.25, 0.3) is 21.5 Å². The molecule has 0 amide bonds. The van der Waals surface area contributed by atoms with E-state index in [1.165, 1.54) is 0 Å². The average molecular weight is 864 g/mol. The van der Waals surface area contributed by atoms with Gasteiger partial charge in [-0.15, -0.1) is 24.8 Å². The third kappa shape index (κ3) is 12.8. The molecule has 0 N–H and O–H groups in total. The highest BCUT2D eigenvalue weighted by atomic mass is 35.5. The molecule has 0 unspecified atom stereocenters. The van der Waals surface area contributed by atoms with Gasteiger partial charge in [-0.25, -0.2) is 0 Å². The fourth-order valence-corrected chi connectivity index (χ4v) is 6.63. The molecule has 0 spiro atoms. The summed E-state index contributed by atoms with van der Waals surface area (Å²) in [6, 6.07) is 24.2. The maximum Gasteiger partial charge on any atom is 0.161 e. The predicted octanol–water partition coefficient (Wildman–Crippen LogP) is 11.7. The topological polar surface area (TPSA) is 99.6 Å². The summed E-state index contributed by atoms with van der Waals surface area (Å²) in [4.78, 5) is 9.29. The Hall–Kier alpha value is -5.32. The minimum atomic E-state index is 0. The van der Waals surface area contributed by atoms with E-state index < -0.39 is 0 Å². The normalized spacial score (nSPS) is 10.4. The molecule has 0 saturated heterocycles. The van der Waals surface area contributed by atoms with Crippen molar-refractivity contribution < 1.29 is 37.9 Å². The first kappa shape index (κ1) is 49.0. The van der Waals surface area contributed by atoms with Crippen molar-refractivity contribution in [2.24, 2.45) is 0 Å². The quantitative estimate of drug-likeness (QED) is 0.0737. The SMILES string of the molecule is CCOc1ccc(Cc2nccc3cc(OCC)c(OCC)cc23)cc1OCC.CCOc1ccc(Cc2nccc3cc(OCC)c(OCC)cc23)cc1OCC.Cl.Cl. The number of ether oxygens (including phenoxy) is 8. The molecular weight excluding hydrogens is 803 g/mol. The first-order chi connectivity index (χ1) is 28.4. The second-order valence-electron chi connectivity index (χ2n) is 12.9. The van der Waals surface area contributed by atoms with Gasteiger partial charge in [0.25, 0.3) is 0 Å². The summed E-state index contributed by atoms with van der Waals surface area (Å²) in [6.45, 7) is 20.5. The molecule has 0 atom stereocenters. The van der Waals surface area contributed by atoms with E-state index in [9.17, 15) is 0 Å². The molecular formula is C48H60Cl2N2O8. The summed E-state index contributed by atoms with van der Waals surface area (Å²) in [5.74, 6) is 6.09. The van der Waals surface area contributed by atoms with Crippen LogP contribution in [0.1, 0.15) is 77.9 Å². The lowest BCUT2D eigenvalue weighted by Gasteiger charge is -2.15. The zero-order chi connectivity index (χ0) is 41.3. The fraction of sp³-hybridized carbons (Fsp3) is 0.375. The molecule has 0 saturated carbocycles. The molecule has 10 nitrogen and oxygen atoms in total. The molecule has 0 aliphatic carbocycles. The summed E-state index contributed by atoms with van der Waals surface area (Å²) in [6.07, 6.45) is 5.05. The lowest BCUT2D eigenvalue weighted by atomic mass is 10.0. The highest BCUT2D eigenvalue weighted by molar-refractivity contribution is 5.89. The molecule has 2 aromatic heterocycles. The summed E-state index contributed by atoms with van der Waals surface area (Å²) >= 11 is 0. The van der Waals surface area contributed by atoms with E-state index in [1.54, 1.807) is 0 Å². The van der Waals surface area contributed by atoms with Gasteiger partial charge in [-0.3, -0.25) is 9.97 Å². The summed E-state index contributed by atoms with van der Waals surface area (Å²) < 4.78 is 46.0. The second-order valence-corrected chi connectivity index (χ2v) is 12.9. The number of halogens is 2. The van der Waals surface area contributed by atoms with Crippen molar-refractivity contribution in [3.63, 3.8) is 0 Å². The van der Waals surface area contributed by atoms with E-state index in [0.29, 0.717) is 65.7 Å².